The Balaban J connectivity index is 1.49. The molecule has 6 nitrogen and oxygen atoms in total. The van der Waals surface area contributed by atoms with Crippen LogP contribution < -0.4 is 10.1 Å². The van der Waals surface area contributed by atoms with Gasteiger partial charge in [-0.2, -0.15) is 0 Å². The predicted molar refractivity (Wildman–Crippen MR) is 107 cm³/mol. The number of ether oxygens (including phenoxy) is 2. The molecule has 1 atom stereocenters. The van der Waals surface area contributed by atoms with Crippen LogP contribution in [0, 0.1) is 11.3 Å². The second-order valence-electron chi connectivity index (χ2n) is 8.18. The first kappa shape index (κ1) is 20.5. The average molecular weight is 389 g/mol. The highest BCUT2D eigenvalue weighted by Crippen LogP contribution is 2.56. The van der Waals surface area contributed by atoms with E-state index in [4.69, 9.17) is 4.74 Å². The van der Waals surface area contributed by atoms with E-state index < -0.39 is 6.09 Å². The quantitative estimate of drug-likeness (QED) is 0.809. The van der Waals surface area contributed by atoms with Crippen molar-refractivity contribution >= 4 is 12.0 Å². The zero-order valence-electron chi connectivity index (χ0n) is 17.2. The minimum Gasteiger partial charge on any atom is -0.497 e. The first-order chi connectivity index (χ1) is 13.5. The van der Waals surface area contributed by atoms with E-state index in [-0.39, 0.29) is 11.8 Å². The Morgan fingerprint density at radius 3 is 2.57 bits per heavy atom. The Hall–Kier alpha value is -2.24. The lowest BCUT2D eigenvalue weighted by molar-refractivity contribution is -0.139. The summed E-state index contributed by atoms with van der Waals surface area (Å²) in [6, 6.07) is 8.39. The average Bonchev–Trinajstić information content (AvgIpc) is 2.72. The molecular weight excluding hydrogens is 356 g/mol. The van der Waals surface area contributed by atoms with Crippen LogP contribution in [0.15, 0.2) is 24.3 Å². The maximum absolute atomic E-state index is 12.8. The van der Waals surface area contributed by atoms with E-state index >= 15 is 0 Å². The Labute approximate surface area is 167 Å². The first-order valence-electron chi connectivity index (χ1n) is 10.2. The Morgan fingerprint density at radius 1 is 1.25 bits per heavy atom. The molecule has 2 fully saturated rings. The predicted octanol–water partition coefficient (Wildman–Crippen LogP) is 3.56. The van der Waals surface area contributed by atoms with Gasteiger partial charge >= 0.3 is 6.09 Å². The van der Waals surface area contributed by atoms with Crippen LogP contribution in [-0.2, 0) is 9.53 Å². The number of piperidine rings is 1. The summed E-state index contributed by atoms with van der Waals surface area (Å²) in [7, 11) is 3.04. The summed E-state index contributed by atoms with van der Waals surface area (Å²) in [5.41, 5.74) is 1.75. The smallest absolute Gasteiger partial charge is 0.406 e. The molecule has 1 saturated heterocycles. The molecule has 1 aliphatic heterocycles. The molecule has 1 heterocycles. The molecule has 1 aromatic rings. The van der Waals surface area contributed by atoms with Gasteiger partial charge in [-0.05, 0) is 61.1 Å². The number of benzene rings is 1. The number of alkyl carbamates (subject to hydrolysis) is 1. The Morgan fingerprint density at radius 2 is 1.96 bits per heavy atom. The highest BCUT2D eigenvalue weighted by molar-refractivity contribution is 5.80. The molecule has 1 spiro atoms. The fourth-order valence-corrected chi connectivity index (χ4v) is 4.67. The van der Waals surface area contributed by atoms with Crippen molar-refractivity contribution in [2.24, 2.45) is 11.3 Å². The molecule has 0 bridgehead atoms. The van der Waals surface area contributed by atoms with Crippen molar-refractivity contribution in [2.45, 2.75) is 44.9 Å². The van der Waals surface area contributed by atoms with Crippen LogP contribution in [0.4, 0.5) is 4.79 Å². The van der Waals surface area contributed by atoms with Gasteiger partial charge in [0.15, 0.2) is 0 Å². The van der Waals surface area contributed by atoms with Gasteiger partial charge in [-0.1, -0.05) is 19.1 Å². The van der Waals surface area contributed by atoms with E-state index in [1.54, 1.807) is 7.11 Å². The molecule has 1 saturated carbocycles. The molecule has 6 heteroatoms. The lowest BCUT2D eigenvalue weighted by Gasteiger charge is -2.52. The second kappa shape index (κ2) is 8.84. The molecule has 0 unspecified atom stereocenters. The summed E-state index contributed by atoms with van der Waals surface area (Å²) < 4.78 is 9.95. The van der Waals surface area contributed by atoms with E-state index in [1.807, 2.05) is 17.9 Å². The molecule has 0 aromatic heterocycles. The fourth-order valence-electron chi connectivity index (χ4n) is 4.67. The Kier molecular flexibility index (Phi) is 6.47. The number of carbonyl (C=O) groups is 2. The van der Waals surface area contributed by atoms with Crippen molar-refractivity contribution in [3.63, 3.8) is 0 Å². The van der Waals surface area contributed by atoms with E-state index in [1.165, 1.54) is 25.5 Å². The number of rotatable bonds is 6. The number of hydrogen-bond acceptors (Lipinski definition) is 4. The van der Waals surface area contributed by atoms with Gasteiger partial charge in [0.2, 0.25) is 5.91 Å². The summed E-state index contributed by atoms with van der Waals surface area (Å²) in [6.45, 7) is 3.95. The number of amides is 2. The van der Waals surface area contributed by atoms with Gasteiger partial charge in [-0.15, -0.1) is 0 Å². The number of nitrogens with one attached hydrogen (secondary N) is 1. The molecule has 154 valence electrons. The van der Waals surface area contributed by atoms with E-state index in [0.717, 1.165) is 31.7 Å². The number of methoxy groups -OCH3 is 2. The largest absolute Gasteiger partial charge is 0.497 e. The van der Waals surface area contributed by atoms with Crippen LogP contribution in [0.3, 0.4) is 0 Å². The highest BCUT2D eigenvalue weighted by Gasteiger charge is 2.47. The van der Waals surface area contributed by atoms with Gasteiger partial charge in [0.05, 0.1) is 20.1 Å². The molecular formula is C22H32N2O4. The van der Waals surface area contributed by atoms with Crippen molar-refractivity contribution in [2.75, 3.05) is 33.9 Å². The zero-order chi connectivity index (χ0) is 20.1. The van der Waals surface area contributed by atoms with Crippen LogP contribution in [0.1, 0.15) is 50.5 Å². The lowest BCUT2D eigenvalue weighted by atomic mass is 9.56. The third-order valence-electron chi connectivity index (χ3n) is 6.58. The van der Waals surface area contributed by atoms with E-state index in [9.17, 15) is 9.59 Å². The molecule has 1 aromatic carbocycles. The minimum absolute atomic E-state index is 0.150. The molecule has 3 rings (SSSR count). The van der Waals surface area contributed by atoms with Crippen LogP contribution in [-0.4, -0.2) is 50.8 Å². The van der Waals surface area contributed by atoms with Crippen molar-refractivity contribution in [3.05, 3.63) is 29.8 Å². The van der Waals surface area contributed by atoms with Gasteiger partial charge in [0.1, 0.15) is 5.75 Å². The second-order valence-corrected chi connectivity index (χ2v) is 8.18. The topological polar surface area (TPSA) is 67.9 Å². The molecule has 2 aliphatic rings. The number of likely N-dealkylation sites (tertiary alicyclic amines) is 1. The summed E-state index contributed by atoms with van der Waals surface area (Å²) in [5.74, 6) is 1.49. The van der Waals surface area contributed by atoms with Gasteiger partial charge in [0, 0.05) is 19.6 Å². The zero-order valence-corrected chi connectivity index (χ0v) is 17.2. The van der Waals surface area contributed by atoms with E-state index in [2.05, 4.69) is 28.3 Å². The van der Waals surface area contributed by atoms with Gasteiger partial charge in [0.25, 0.3) is 0 Å². The van der Waals surface area contributed by atoms with Crippen LogP contribution in [0.5, 0.6) is 5.75 Å². The summed E-state index contributed by atoms with van der Waals surface area (Å²) in [4.78, 5) is 26.1. The summed E-state index contributed by atoms with van der Waals surface area (Å²) in [6.07, 6.45) is 4.76. The molecule has 2 amide bonds. The monoisotopic (exact) mass is 388 g/mol. The summed E-state index contributed by atoms with van der Waals surface area (Å²) in [5, 5.41) is 2.66. The standard InChI is InChI=1S/C22H32N2O4/c1-4-16(15-23-21(26)28-3)20(25)24-10-8-22(9-11-24)13-18(14-22)17-6-5-7-19(12-17)27-2/h5-7,12,16,18H,4,8-11,13-15H2,1-3H3,(H,23,26)/t16-/m1/s1. The molecule has 1 aliphatic carbocycles. The number of hydrogen-bond donors (Lipinski definition) is 1. The maximum atomic E-state index is 12.8. The maximum Gasteiger partial charge on any atom is 0.406 e. The molecule has 1 N–H and O–H groups in total. The third kappa shape index (κ3) is 4.42. The van der Waals surface area contributed by atoms with Crippen LogP contribution in [0.2, 0.25) is 0 Å². The Bertz CT molecular complexity index is 690. The van der Waals surface area contributed by atoms with Crippen molar-refractivity contribution in [3.8, 4) is 5.75 Å². The SMILES string of the molecule is CC[C@H](CNC(=O)OC)C(=O)N1CCC2(CC1)CC(c1cccc(OC)c1)C2. The van der Waals surface area contributed by atoms with Gasteiger partial charge < -0.3 is 19.7 Å². The number of nitrogens with zero attached hydrogens (tertiary/aromatic N) is 1. The van der Waals surface area contributed by atoms with Crippen LogP contribution >= 0.6 is 0 Å². The normalized spacial score (nSPS) is 19.6. The third-order valence-corrected chi connectivity index (χ3v) is 6.58. The highest BCUT2D eigenvalue weighted by atomic mass is 16.5. The van der Waals surface area contributed by atoms with E-state index in [0.29, 0.717) is 24.3 Å². The molecule has 28 heavy (non-hydrogen) atoms. The molecule has 0 radical (unpaired) electrons. The fraction of sp³-hybridized carbons (Fsp3) is 0.636. The van der Waals surface area contributed by atoms with Crippen LogP contribution in [0.25, 0.3) is 0 Å². The van der Waals surface area contributed by atoms with Gasteiger partial charge in [-0.25, -0.2) is 4.79 Å². The lowest BCUT2D eigenvalue weighted by Crippen LogP contribution is -2.50. The summed E-state index contributed by atoms with van der Waals surface area (Å²) >= 11 is 0. The first-order valence-corrected chi connectivity index (χ1v) is 10.2. The van der Waals surface area contributed by atoms with Crippen molar-refractivity contribution in [1.82, 2.24) is 10.2 Å². The number of carbonyl (C=O) groups excluding carboxylic acids is 2. The van der Waals surface area contributed by atoms with Crippen molar-refractivity contribution < 1.29 is 19.1 Å². The van der Waals surface area contributed by atoms with Crippen molar-refractivity contribution in [1.29, 1.82) is 0 Å². The minimum atomic E-state index is -0.484. The van der Waals surface area contributed by atoms with Gasteiger partial charge in [-0.3, -0.25) is 4.79 Å².